The predicted molar refractivity (Wildman–Crippen MR) is 445 cm³/mol. The number of nitrogens with zero attached hydrogens (tertiary/aromatic N) is 3. The van der Waals surface area contributed by atoms with Crippen molar-refractivity contribution in [3.05, 3.63) is 307 Å². The molecule has 111 heavy (non-hydrogen) atoms. The molecule has 18 rings (SSSR count). The zero-order valence-corrected chi connectivity index (χ0v) is 71.2. The third kappa shape index (κ3) is 19.5. The van der Waals surface area contributed by atoms with Crippen LogP contribution in [0.2, 0.25) is 0 Å². The van der Waals surface area contributed by atoms with Crippen molar-refractivity contribution < 1.29 is 103 Å². The number of aliphatic hydroxyl groups is 3. The van der Waals surface area contributed by atoms with Crippen LogP contribution in [0.25, 0.3) is 162 Å². The molecule has 9 aromatic carbocycles. The van der Waals surface area contributed by atoms with Crippen LogP contribution in [0.3, 0.4) is 0 Å². The molecule has 561 valence electrons. The van der Waals surface area contributed by atoms with Crippen LogP contribution in [-0.2, 0) is 74.7 Å². The summed E-state index contributed by atoms with van der Waals surface area (Å²) in [6.45, 7) is 15.0. The number of aliphatic hydroxyl groups excluding tert-OH is 3. The van der Waals surface area contributed by atoms with Crippen LogP contribution in [0.4, 0.5) is 0 Å². The van der Waals surface area contributed by atoms with Gasteiger partial charge >= 0.3 is 0 Å². The molecule has 0 bridgehead atoms. The molecule has 0 aliphatic rings. The Morgan fingerprint density at radius 1 is 0.351 bits per heavy atom. The number of hydrogen-bond acceptors (Lipinski definition) is 15. The summed E-state index contributed by atoms with van der Waals surface area (Å²) in [5.74, 6) is -0.187. The number of allylic oxidation sites excluding steroid dienone is 6. The molecule has 18 aromatic rings. The molecule has 0 unspecified atom stereocenters. The van der Waals surface area contributed by atoms with E-state index in [-0.39, 0.29) is 94.9 Å². The summed E-state index contributed by atoms with van der Waals surface area (Å²) in [7, 11) is 0. The summed E-state index contributed by atoms with van der Waals surface area (Å²) >= 11 is 5.33. The summed E-state index contributed by atoms with van der Waals surface area (Å²) in [5, 5.41) is 31.8. The molecule has 3 radical (unpaired) electrons. The second-order valence-electron chi connectivity index (χ2n) is 25.8. The Labute approximate surface area is 694 Å². The fourth-order valence-corrected chi connectivity index (χ4v) is 15.8. The fourth-order valence-electron chi connectivity index (χ4n) is 12.6. The second kappa shape index (κ2) is 37.3. The number of ketones is 3. The van der Waals surface area contributed by atoms with E-state index in [2.05, 4.69) is 197 Å². The van der Waals surface area contributed by atoms with Gasteiger partial charge in [-0.05, 0) is 162 Å². The fraction of sp³-hybridized carbons (Fsp3) is 0.0968. The van der Waals surface area contributed by atoms with Crippen LogP contribution in [0.1, 0.15) is 58.2 Å². The molecule has 0 saturated heterocycles. The molecule has 0 spiro atoms. The monoisotopic (exact) mass is 2050 g/mol. The SMILES string of the molecule is CC(=O)C=C(C)O.CC(=O)C=C(C)O.CC(=O)C=C(C)O.Cc1ccc(-c2cc3nc(-c4[c-]ccc5c4oc4ccccc45)ccc3s2)cc1.Cc1cccc(C)c1-c1cc2nc(-c3[c-]ccc4c3oc3ccccc34)ccc2s1.[Ir].[Ir].[Ir].[c-]1ccc2c(oc3ccccc32)c1-c1ccc2sc(-c3ccccc3)cc2n1. The molecule has 0 fully saturated rings. The van der Waals surface area contributed by atoms with Gasteiger partial charge in [0, 0.05) is 109 Å². The zero-order chi connectivity index (χ0) is 75.7. The van der Waals surface area contributed by atoms with Crippen molar-refractivity contribution in [2.24, 2.45) is 0 Å². The number of benzene rings is 9. The van der Waals surface area contributed by atoms with Gasteiger partial charge in [-0.2, -0.15) is 0 Å². The average Bonchev–Trinajstić information content (AvgIpc) is 1.62. The van der Waals surface area contributed by atoms with Gasteiger partial charge in [0.25, 0.3) is 0 Å². The molecule has 0 atom stereocenters. The molecule has 0 aliphatic carbocycles. The van der Waals surface area contributed by atoms with E-state index in [0.717, 1.165) is 116 Å². The smallest absolute Gasteiger partial charge is 0.155 e. The first kappa shape index (κ1) is 82.8. The van der Waals surface area contributed by atoms with Gasteiger partial charge in [-0.25, -0.2) is 0 Å². The standard InChI is InChI=1S/C27H18NOS.C26H16NOS.C25H14NOS.3C5H8O2.3Ir/c1-16-7-5-8-17(2)26(16)25-15-22-24(30-25)14-13-21(28-22)20-11-6-10-19-18-9-3-4-12-23(18)29-27(19)20;1-16-9-11-17(12-10-16)25-15-22-24(29-25)14-13-21(27-22)20-7-4-6-19-18-5-2-3-8-23(18)28-26(19)20;1-2-7-16(8-3-1)24-15-21-23(28-24)14-13-20(26-21)19-11-6-10-18-17-9-4-5-12-22(17)27-25(18)19;3*1-4(6)3-5(2)7;;;/h3-10,12-15H,1-2H3;2-6,8-15H,1H3;1-10,12-15H;3*3,6H,1-2H3;;;/q3*-1;;;;;;. The van der Waals surface area contributed by atoms with E-state index in [1.165, 1.54) is 122 Å². The summed E-state index contributed by atoms with van der Waals surface area (Å²) < 4.78 is 22.1. The van der Waals surface area contributed by atoms with Crippen molar-refractivity contribution in [1.82, 2.24) is 15.0 Å². The number of para-hydroxylation sites is 3. The number of rotatable bonds is 9. The Bertz CT molecular complexity index is 6400. The number of fused-ring (bicyclic) bond motifs is 12. The maximum absolute atomic E-state index is 10.0. The first-order chi connectivity index (χ1) is 52.2. The Morgan fingerprint density at radius 3 is 1.00 bits per heavy atom. The van der Waals surface area contributed by atoms with E-state index in [1.54, 1.807) is 34.0 Å². The summed E-state index contributed by atoms with van der Waals surface area (Å²) in [6.07, 6.45) is 3.50. The maximum Gasteiger partial charge on any atom is 0.155 e. The van der Waals surface area contributed by atoms with Gasteiger partial charge in [-0.1, -0.05) is 184 Å². The summed E-state index contributed by atoms with van der Waals surface area (Å²) in [6, 6.07) is 91.2. The third-order valence-electron chi connectivity index (χ3n) is 17.3. The Kier molecular flexibility index (Phi) is 27.8. The molecule has 0 amide bonds. The largest absolute Gasteiger partial charge is 0.512 e. The van der Waals surface area contributed by atoms with Gasteiger partial charge in [-0.15, -0.1) is 88.6 Å². The Hall–Kier alpha value is -10.7. The van der Waals surface area contributed by atoms with Crippen LogP contribution < -0.4 is 0 Å². The summed E-state index contributed by atoms with van der Waals surface area (Å²) in [4.78, 5) is 48.6. The maximum atomic E-state index is 10.0. The van der Waals surface area contributed by atoms with E-state index < -0.39 is 0 Å². The number of pyridine rings is 3. The molecule has 9 heterocycles. The van der Waals surface area contributed by atoms with Crippen molar-refractivity contribution >= 4 is 148 Å². The van der Waals surface area contributed by atoms with Crippen molar-refractivity contribution in [3.63, 3.8) is 0 Å². The van der Waals surface area contributed by atoms with Gasteiger partial charge in [-0.3, -0.25) is 29.3 Å². The summed E-state index contributed by atoms with van der Waals surface area (Å²) in [5.41, 5.74) is 21.2. The Morgan fingerprint density at radius 2 is 0.667 bits per heavy atom. The minimum Gasteiger partial charge on any atom is -0.512 e. The number of hydrogen-bond donors (Lipinski definition) is 3. The first-order valence-electron chi connectivity index (χ1n) is 34.7. The molecule has 0 aliphatic heterocycles. The minimum absolute atomic E-state index is 0. The van der Waals surface area contributed by atoms with Crippen LogP contribution in [-0.4, -0.2) is 47.6 Å². The predicted octanol–water partition coefficient (Wildman–Crippen LogP) is 26.0. The molecule has 12 nitrogen and oxygen atoms in total. The number of aryl methyl sites for hydroxylation is 3. The molecule has 9 aromatic heterocycles. The van der Waals surface area contributed by atoms with Gasteiger partial charge in [0.15, 0.2) is 17.3 Å². The van der Waals surface area contributed by atoms with Crippen molar-refractivity contribution in [2.45, 2.75) is 62.3 Å². The molecule has 18 heteroatoms. The van der Waals surface area contributed by atoms with Crippen molar-refractivity contribution in [2.75, 3.05) is 0 Å². The van der Waals surface area contributed by atoms with Gasteiger partial charge in [0.05, 0.1) is 64.7 Å². The minimum atomic E-state index is -0.125. The van der Waals surface area contributed by atoms with Crippen LogP contribution in [0.15, 0.2) is 285 Å². The van der Waals surface area contributed by atoms with Gasteiger partial charge < -0.3 is 28.6 Å². The van der Waals surface area contributed by atoms with Crippen LogP contribution in [0.5, 0.6) is 0 Å². The van der Waals surface area contributed by atoms with E-state index >= 15 is 0 Å². The first-order valence-corrected chi connectivity index (χ1v) is 37.2. The number of carbonyl (C=O) groups is 3. The quantitative estimate of drug-likeness (QED) is 0.0705. The normalized spacial score (nSPS) is 11.3. The number of thiophene rings is 3. The Balaban J connectivity index is 0.000000155. The topological polar surface area (TPSA) is 190 Å². The molecular weight excluding hydrogens is 1980 g/mol. The van der Waals surface area contributed by atoms with E-state index in [0.29, 0.717) is 0 Å². The number of aromatic nitrogens is 3. The van der Waals surface area contributed by atoms with Crippen molar-refractivity contribution in [1.29, 1.82) is 0 Å². The van der Waals surface area contributed by atoms with Crippen LogP contribution in [0, 0.1) is 39.0 Å². The van der Waals surface area contributed by atoms with Gasteiger partial charge in [0.2, 0.25) is 0 Å². The van der Waals surface area contributed by atoms with E-state index in [9.17, 15) is 14.4 Å². The number of carbonyl (C=O) groups excluding carboxylic acids is 3. The molecule has 0 saturated carbocycles. The average molecular weight is 2050 g/mol. The van der Waals surface area contributed by atoms with Crippen LogP contribution >= 0.6 is 34.0 Å². The van der Waals surface area contributed by atoms with E-state index in [4.69, 9.17) is 43.5 Å². The zero-order valence-electron chi connectivity index (χ0n) is 61.6. The van der Waals surface area contributed by atoms with E-state index in [1.807, 2.05) is 78.9 Å². The van der Waals surface area contributed by atoms with Gasteiger partial charge in [0.1, 0.15) is 16.7 Å². The number of furan rings is 3. The molecular formula is C93H72Ir3N3O9S3-3. The second-order valence-corrected chi connectivity index (χ2v) is 29.1. The third-order valence-corrected chi connectivity index (χ3v) is 20.6. The molecule has 3 N–H and O–H groups in total. The van der Waals surface area contributed by atoms with Crippen molar-refractivity contribution in [3.8, 4) is 65.1 Å².